The van der Waals surface area contributed by atoms with Gasteiger partial charge in [0, 0.05) is 36.0 Å². The number of aromatic nitrogens is 3. The van der Waals surface area contributed by atoms with Crippen LogP contribution in [-0.4, -0.2) is 74.4 Å². The molecule has 200 valence electrons. The topological polar surface area (TPSA) is 138 Å². The summed E-state index contributed by atoms with van der Waals surface area (Å²) < 4.78 is 6.12. The van der Waals surface area contributed by atoms with Crippen LogP contribution in [0.25, 0.3) is 22.3 Å². The van der Waals surface area contributed by atoms with Gasteiger partial charge in [0.05, 0.1) is 17.7 Å². The van der Waals surface area contributed by atoms with Gasteiger partial charge in [-0.3, -0.25) is 14.4 Å². The predicted molar refractivity (Wildman–Crippen MR) is 141 cm³/mol. The Kier molecular flexibility index (Phi) is 7.16. The van der Waals surface area contributed by atoms with E-state index in [0.717, 1.165) is 12.8 Å². The first-order valence-electron chi connectivity index (χ1n) is 13.1. The first kappa shape index (κ1) is 25.8. The van der Waals surface area contributed by atoms with E-state index in [4.69, 9.17) is 4.74 Å². The van der Waals surface area contributed by atoms with Crippen molar-refractivity contribution in [1.82, 2.24) is 25.2 Å². The number of likely N-dealkylation sites (tertiary alicyclic amines) is 1. The van der Waals surface area contributed by atoms with E-state index < -0.39 is 6.10 Å². The van der Waals surface area contributed by atoms with E-state index in [1.54, 1.807) is 23.1 Å². The Hall–Kier alpha value is -3.79. The number of aliphatic hydroxyl groups is 1. The standard InChI is InChI=1S/C28H33N5O5/c1-15-23(27(36)32-20-8-10-33(11-9-20)28(37)17(3)35)25-26(31-15)24(29-14-30-25)21-12-19(16(2)34)6-7-22(21)38-13-18-4-5-18/h6-7,12,14,17-18,20,31,35H,4-5,8-11,13H2,1-3H3,(H,32,36)/t17-/m0/s1. The third-order valence-electron chi connectivity index (χ3n) is 7.31. The van der Waals surface area contributed by atoms with E-state index in [1.807, 2.05) is 6.92 Å². The second-order valence-electron chi connectivity index (χ2n) is 10.3. The van der Waals surface area contributed by atoms with Crippen LogP contribution in [0.5, 0.6) is 5.75 Å². The number of ether oxygens (including phenoxy) is 1. The quantitative estimate of drug-likeness (QED) is 0.389. The predicted octanol–water partition coefficient (Wildman–Crippen LogP) is 3.03. The van der Waals surface area contributed by atoms with Crippen LogP contribution in [0.3, 0.4) is 0 Å². The van der Waals surface area contributed by atoms with Crippen molar-refractivity contribution in [2.75, 3.05) is 19.7 Å². The van der Waals surface area contributed by atoms with Gasteiger partial charge in [-0.05, 0) is 70.6 Å². The van der Waals surface area contributed by atoms with Crippen LogP contribution >= 0.6 is 0 Å². The van der Waals surface area contributed by atoms with Crippen molar-refractivity contribution in [3.63, 3.8) is 0 Å². The molecule has 1 aliphatic heterocycles. The molecule has 1 aromatic carbocycles. The van der Waals surface area contributed by atoms with Crippen molar-refractivity contribution in [1.29, 1.82) is 0 Å². The molecular formula is C28H33N5O5. The molecule has 1 saturated carbocycles. The maximum Gasteiger partial charge on any atom is 0.255 e. The van der Waals surface area contributed by atoms with Crippen molar-refractivity contribution in [2.45, 2.75) is 58.6 Å². The summed E-state index contributed by atoms with van der Waals surface area (Å²) in [5, 5.41) is 12.6. The fraction of sp³-hybridized carbons (Fsp3) is 0.464. The Balaban J connectivity index is 1.42. The summed E-state index contributed by atoms with van der Waals surface area (Å²) in [4.78, 5) is 51.5. The fourth-order valence-electron chi connectivity index (χ4n) is 4.92. The minimum atomic E-state index is -1.03. The monoisotopic (exact) mass is 519 g/mol. The van der Waals surface area contributed by atoms with Gasteiger partial charge < -0.3 is 25.0 Å². The summed E-state index contributed by atoms with van der Waals surface area (Å²) in [5.74, 6) is 0.593. The number of rotatable bonds is 8. The number of carbonyl (C=O) groups is 3. The number of fused-ring (bicyclic) bond motifs is 1. The van der Waals surface area contributed by atoms with Crippen LogP contribution in [-0.2, 0) is 4.79 Å². The highest BCUT2D eigenvalue weighted by Crippen LogP contribution is 2.37. The molecule has 38 heavy (non-hydrogen) atoms. The van der Waals surface area contributed by atoms with Gasteiger partial charge in [0.15, 0.2) is 5.78 Å². The number of hydrogen-bond acceptors (Lipinski definition) is 7. The van der Waals surface area contributed by atoms with Crippen molar-refractivity contribution in [2.24, 2.45) is 5.92 Å². The van der Waals surface area contributed by atoms with Gasteiger partial charge in [0.2, 0.25) is 0 Å². The Morgan fingerprint density at radius 1 is 1.18 bits per heavy atom. The average Bonchev–Trinajstić information content (AvgIpc) is 3.66. The number of Topliss-reactive ketones (excluding diaryl/α,β-unsaturated/α-hetero) is 1. The average molecular weight is 520 g/mol. The van der Waals surface area contributed by atoms with Crippen molar-refractivity contribution < 1.29 is 24.2 Å². The largest absolute Gasteiger partial charge is 0.493 e. The molecule has 2 aromatic heterocycles. The SMILES string of the molecule is CC(=O)c1ccc(OCC2CC2)c(-c2ncnc3c(C(=O)NC4CCN(C(=O)[C@H](C)O)CC4)c(C)[nH]c23)c1. The number of H-pyrrole nitrogens is 1. The normalized spacial score (nSPS) is 16.9. The number of piperidine rings is 1. The Labute approximate surface area is 220 Å². The van der Waals surface area contributed by atoms with Crippen LogP contribution < -0.4 is 10.1 Å². The summed E-state index contributed by atoms with van der Waals surface area (Å²) in [6.45, 7) is 6.37. The lowest BCUT2D eigenvalue weighted by Crippen LogP contribution is -2.48. The van der Waals surface area contributed by atoms with Crippen LogP contribution in [0.4, 0.5) is 0 Å². The first-order valence-corrected chi connectivity index (χ1v) is 13.1. The lowest BCUT2D eigenvalue weighted by molar-refractivity contribution is -0.140. The molecule has 10 nitrogen and oxygen atoms in total. The van der Waals surface area contributed by atoms with Gasteiger partial charge in [0.1, 0.15) is 29.4 Å². The van der Waals surface area contributed by atoms with Gasteiger partial charge in [-0.2, -0.15) is 0 Å². The number of hydrogen-bond donors (Lipinski definition) is 3. The molecule has 3 N–H and O–H groups in total. The molecule has 0 bridgehead atoms. The second-order valence-corrected chi connectivity index (χ2v) is 10.3. The van der Waals surface area contributed by atoms with Crippen LogP contribution in [0.1, 0.15) is 65.9 Å². The fourth-order valence-corrected chi connectivity index (χ4v) is 4.92. The van der Waals surface area contributed by atoms with Crippen molar-refractivity contribution in [3.05, 3.63) is 41.3 Å². The molecule has 0 unspecified atom stereocenters. The number of ketones is 1. The van der Waals surface area contributed by atoms with Gasteiger partial charge in [0.25, 0.3) is 11.8 Å². The number of aryl methyl sites for hydroxylation is 1. The minimum Gasteiger partial charge on any atom is -0.493 e. The summed E-state index contributed by atoms with van der Waals surface area (Å²) >= 11 is 0. The first-order chi connectivity index (χ1) is 18.2. The molecule has 0 radical (unpaired) electrons. The van der Waals surface area contributed by atoms with Gasteiger partial charge >= 0.3 is 0 Å². The lowest BCUT2D eigenvalue weighted by Gasteiger charge is -2.33. The van der Waals surface area contributed by atoms with Crippen LogP contribution in [0, 0.1) is 12.8 Å². The van der Waals surface area contributed by atoms with Crippen LogP contribution in [0.15, 0.2) is 24.5 Å². The maximum atomic E-state index is 13.4. The maximum absolute atomic E-state index is 13.4. The van der Waals surface area contributed by atoms with E-state index >= 15 is 0 Å². The number of aromatic amines is 1. The summed E-state index contributed by atoms with van der Waals surface area (Å²) in [7, 11) is 0. The minimum absolute atomic E-state index is 0.0609. The van der Waals surface area contributed by atoms with E-state index in [0.29, 0.717) is 83.3 Å². The zero-order valence-electron chi connectivity index (χ0n) is 21.9. The molecule has 3 aromatic rings. The summed E-state index contributed by atoms with van der Waals surface area (Å²) in [6.07, 6.45) is 3.91. The number of benzene rings is 1. The molecule has 2 amide bonds. The zero-order chi connectivity index (χ0) is 27.0. The highest BCUT2D eigenvalue weighted by molar-refractivity contribution is 6.09. The van der Waals surface area contributed by atoms with Gasteiger partial charge in [-0.1, -0.05) is 0 Å². The molecule has 3 heterocycles. The number of aliphatic hydroxyl groups excluding tert-OH is 1. The Morgan fingerprint density at radius 3 is 2.58 bits per heavy atom. The van der Waals surface area contributed by atoms with E-state index in [2.05, 4.69) is 20.3 Å². The summed E-state index contributed by atoms with van der Waals surface area (Å²) in [6, 6.07) is 5.25. The molecule has 5 rings (SSSR count). The number of nitrogens with zero attached hydrogens (tertiary/aromatic N) is 3. The third kappa shape index (κ3) is 5.26. The van der Waals surface area contributed by atoms with E-state index in [-0.39, 0.29) is 23.6 Å². The molecule has 10 heteroatoms. The van der Waals surface area contributed by atoms with E-state index in [9.17, 15) is 19.5 Å². The number of amides is 2. The highest BCUT2D eigenvalue weighted by atomic mass is 16.5. The molecule has 1 aliphatic carbocycles. The van der Waals surface area contributed by atoms with Crippen LogP contribution in [0.2, 0.25) is 0 Å². The lowest BCUT2D eigenvalue weighted by atomic mass is 10.0. The molecular weight excluding hydrogens is 486 g/mol. The molecule has 2 aliphatic rings. The number of nitrogens with one attached hydrogen (secondary N) is 2. The number of carbonyl (C=O) groups excluding carboxylic acids is 3. The van der Waals surface area contributed by atoms with Crippen molar-refractivity contribution in [3.8, 4) is 17.0 Å². The van der Waals surface area contributed by atoms with Crippen molar-refractivity contribution >= 4 is 28.6 Å². The van der Waals surface area contributed by atoms with E-state index in [1.165, 1.54) is 20.2 Å². The molecule has 1 atom stereocenters. The molecule has 2 fully saturated rings. The van der Waals surface area contributed by atoms with Gasteiger partial charge in [-0.15, -0.1) is 0 Å². The van der Waals surface area contributed by atoms with Gasteiger partial charge in [-0.25, -0.2) is 9.97 Å². The third-order valence-corrected chi connectivity index (χ3v) is 7.31. The Bertz CT molecular complexity index is 1390. The molecule has 0 spiro atoms. The highest BCUT2D eigenvalue weighted by Gasteiger charge is 2.29. The second kappa shape index (κ2) is 10.5. The molecule has 1 saturated heterocycles. The summed E-state index contributed by atoms with van der Waals surface area (Å²) in [5.41, 5.74) is 3.98. The smallest absolute Gasteiger partial charge is 0.255 e. The zero-order valence-corrected chi connectivity index (χ0v) is 21.9. The Morgan fingerprint density at radius 2 is 1.92 bits per heavy atom.